The number of rotatable bonds is 3. The predicted molar refractivity (Wildman–Crippen MR) is 105 cm³/mol. The van der Waals surface area contributed by atoms with Gasteiger partial charge in [0, 0.05) is 24.8 Å². The van der Waals surface area contributed by atoms with Crippen LogP contribution in [-0.4, -0.2) is 15.2 Å². The molecule has 0 aliphatic heterocycles. The Bertz CT molecular complexity index is 808. The van der Waals surface area contributed by atoms with Crippen LogP contribution in [0.4, 0.5) is 0 Å². The molecule has 2 aliphatic rings. The fourth-order valence-corrected chi connectivity index (χ4v) is 3.90. The van der Waals surface area contributed by atoms with Crippen molar-refractivity contribution in [1.29, 1.82) is 0 Å². The third kappa shape index (κ3) is 3.65. The molecule has 3 nitrogen and oxygen atoms in total. The standard InChI is InChI=1S/C22H25N3.H2/c1-2-6-10-17(9-5-1)21-15-19(13-14-23-21)20-16-24-25-22(20)18-11-7-3-4-8-12-18;/h3-4,7,11-17H,1-2,5-6,8-10H2,(H,24,25);1H. The molecule has 0 bridgehead atoms. The van der Waals surface area contributed by atoms with E-state index in [-0.39, 0.29) is 1.43 Å². The number of hydrogen-bond acceptors (Lipinski definition) is 2. The van der Waals surface area contributed by atoms with E-state index in [4.69, 9.17) is 4.98 Å². The van der Waals surface area contributed by atoms with Crippen LogP contribution in [0.15, 0.2) is 54.9 Å². The molecule has 0 saturated heterocycles. The van der Waals surface area contributed by atoms with Crippen LogP contribution in [0.1, 0.15) is 63.7 Å². The monoisotopic (exact) mass is 333 g/mol. The van der Waals surface area contributed by atoms with Gasteiger partial charge in [-0.3, -0.25) is 10.1 Å². The summed E-state index contributed by atoms with van der Waals surface area (Å²) in [5.74, 6) is 0.610. The largest absolute Gasteiger partial charge is 0.277 e. The maximum Gasteiger partial charge on any atom is 0.0725 e. The summed E-state index contributed by atoms with van der Waals surface area (Å²) in [5, 5.41) is 7.51. The molecule has 0 radical (unpaired) electrons. The fraction of sp³-hybridized carbons (Fsp3) is 0.364. The van der Waals surface area contributed by atoms with Crippen molar-refractivity contribution in [3.8, 4) is 11.1 Å². The summed E-state index contributed by atoms with van der Waals surface area (Å²) >= 11 is 0. The molecular formula is C22H27N3. The maximum atomic E-state index is 4.70. The van der Waals surface area contributed by atoms with Crippen LogP contribution in [0, 0.1) is 0 Å². The van der Waals surface area contributed by atoms with Gasteiger partial charge in [-0.25, -0.2) is 0 Å². The molecule has 0 spiro atoms. The van der Waals surface area contributed by atoms with Gasteiger partial charge in [0.05, 0.1) is 11.9 Å². The number of aromatic nitrogens is 3. The van der Waals surface area contributed by atoms with Crippen LogP contribution >= 0.6 is 0 Å². The molecule has 1 fully saturated rings. The molecular weight excluding hydrogens is 306 g/mol. The van der Waals surface area contributed by atoms with Crippen LogP contribution in [0.5, 0.6) is 0 Å². The van der Waals surface area contributed by atoms with Gasteiger partial charge in [-0.15, -0.1) is 0 Å². The van der Waals surface area contributed by atoms with Gasteiger partial charge in [0.2, 0.25) is 0 Å². The van der Waals surface area contributed by atoms with E-state index in [1.165, 1.54) is 55.4 Å². The van der Waals surface area contributed by atoms with E-state index in [1.54, 1.807) is 0 Å². The van der Waals surface area contributed by atoms with Crippen molar-refractivity contribution >= 4 is 5.57 Å². The minimum absolute atomic E-state index is 0. The lowest BCUT2D eigenvalue weighted by Crippen LogP contribution is -2.00. The van der Waals surface area contributed by atoms with Gasteiger partial charge in [0.15, 0.2) is 0 Å². The van der Waals surface area contributed by atoms with E-state index in [2.05, 4.69) is 52.7 Å². The molecule has 3 heteroatoms. The molecule has 0 atom stereocenters. The Kier molecular flexibility index (Phi) is 4.91. The van der Waals surface area contributed by atoms with Crippen molar-refractivity contribution in [2.24, 2.45) is 0 Å². The zero-order valence-electron chi connectivity index (χ0n) is 14.6. The van der Waals surface area contributed by atoms with E-state index in [0.717, 1.165) is 17.7 Å². The average Bonchev–Trinajstić information content (AvgIpc) is 2.85. The predicted octanol–water partition coefficient (Wildman–Crippen LogP) is 6.06. The number of nitrogens with zero attached hydrogens (tertiary/aromatic N) is 2. The van der Waals surface area contributed by atoms with Gasteiger partial charge in [-0.1, -0.05) is 56.1 Å². The molecule has 1 N–H and O–H groups in total. The molecule has 2 heterocycles. The first kappa shape index (κ1) is 16.1. The number of aromatic amines is 1. The summed E-state index contributed by atoms with van der Waals surface area (Å²) in [6.07, 6.45) is 23.5. The molecule has 25 heavy (non-hydrogen) atoms. The van der Waals surface area contributed by atoms with E-state index < -0.39 is 0 Å². The number of pyridine rings is 1. The second-order valence-corrected chi connectivity index (χ2v) is 7.00. The Morgan fingerprint density at radius 2 is 1.96 bits per heavy atom. The third-order valence-corrected chi connectivity index (χ3v) is 5.29. The van der Waals surface area contributed by atoms with Gasteiger partial charge < -0.3 is 0 Å². The molecule has 4 rings (SSSR count). The lowest BCUT2D eigenvalue weighted by atomic mass is 9.93. The van der Waals surface area contributed by atoms with Gasteiger partial charge in [-0.05, 0) is 42.5 Å². The Hall–Kier alpha value is -2.42. The highest BCUT2D eigenvalue weighted by Crippen LogP contribution is 2.34. The van der Waals surface area contributed by atoms with Crippen molar-refractivity contribution in [2.75, 3.05) is 0 Å². The van der Waals surface area contributed by atoms with Gasteiger partial charge in [-0.2, -0.15) is 5.10 Å². The van der Waals surface area contributed by atoms with Gasteiger partial charge in [0.25, 0.3) is 0 Å². The highest BCUT2D eigenvalue weighted by atomic mass is 15.1. The smallest absolute Gasteiger partial charge is 0.0725 e. The maximum absolute atomic E-state index is 4.70. The highest BCUT2D eigenvalue weighted by molar-refractivity contribution is 5.83. The normalized spacial score (nSPS) is 18.6. The van der Waals surface area contributed by atoms with E-state index in [0.29, 0.717) is 5.92 Å². The van der Waals surface area contributed by atoms with Crippen LogP contribution < -0.4 is 0 Å². The highest BCUT2D eigenvalue weighted by Gasteiger charge is 2.17. The molecule has 0 aromatic carbocycles. The third-order valence-electron chi connectivity index (χ3n) is 5.29. The summed E-state index contributed by atoms with van der Waals surface area (Å²) in [6.45, 7) is 0. The van der Waals surface area contributed by atoms with Crippen LogP contribution in [0.2, 0.25) is 0 Å². The van der Waals surface area contributed by atoms with Crippen molar-refractivity contribution in [3.63, 3.8) is 0 Å². The van der Waals surface area contributed by atoms with Crippen molar-refractivity contribution < 1.29 is 1.43 Å². The Balaban J connectivity index is 0.00000196. The van der Waals surface area contributed by atoms with Gasteiger partial charge >= 0.3 is 0 Å². The number of allylic oxidation sites excluding steroid dienone is 6. The average molecular weight is 333 g/mol. The van der Waals surface area contributed by atoms with Gasteiger partial charge in [0.1, 0.15) is 0 Å². The van der Waals surface area contributed by atoms with E-state index in [1.807, 2.05) is 12.4 Å². The number of H-pyrrole nitrogens is 1. The zero-order chi connectivity index (χ0) is 16.9. The minimum Gasteiger partial charge on any atom is -0.277 e. The molecule has 2 aromatic heterocycles. The molecule has 0 unspecified atom stereocenters. The summed E-state index contributed by atoms with van der Waals surface area (Å²) < 4.78 is 0. The van der Waals surface area contributed by atoms with Crippen molar-refractivity contribution in [2.45, 2.75) is 50.9 Å². The fourth-order valence-electron chi connectivity index (χ4n) is 3.90. The molecule has 2 aliphatic carbocycles. The number of hydrogen-bond donors (Lipinski definition) is 1. The minimum atomic E-state index is 0. The Morgan fingerprint density at radius 3 is 2.84 bits per heavy atom. The summed E-state index contributed by atoms with van der Waals surface area (Å²) in [4.78, 5) is 4.70. The molecule has 130 valence electrons. The van der Waals surface area contributed by atoms with E-state index >= 15 is 0 Å². The van der Waals surface area contributed by atoms with Crippen LogP contribution in [0.25, 0.3) is 16.7 Å². The van der Waals surface area contributed by atoms with Crippen LogP contribution in [-0.2, 0) is 0 Å². The topological polar surface area (TPSA) is 41.6 Å². The number of nitrogens with one attached hydrogen (secondary N) is 1. The van der Waals surface area contributed by atoms with Crippen molar-refractivity contribution in [1.82, 2.24) is 15.2 Å². The molecule has 0 amide bonds. The summed E-state index contributed by atoms with van der Waals surface area (Å²) in [7, 11) is 0. The first-order valence-electron chi connectivity index (χ1n) is 9.45. The molecule has 1 saturated carbocycles. The quantitative estimate of drug-likeness (QED) is 0.694. The molecule has 2 aromatic rings. The van der Waals surface area contributed by atoms with E-state index in [9.17, 15) is 0 Å². The first-order chi connectivity index (χ1) is 12.4. The summed E-state index contributed by atoms with van der Waals surface area (Å²) in [5.41, 5.74) is 5.92. The Labute approximate surface area is 151 Å². The zero-order valence-corrected chi connectivity index (χ0v) is 14.6. The first-order valence-corrected chi connectivity index (χ1v) is 9.45. The lowest BCUT2D eigenvalue weighted by molar-refractivity contribution is 0.578. The Morgan fingerprint density at radius 1 is 1.08 bits per heavy atom. The lowest BCUT2D eigenvalue weighted by Gasteiger charge is -2.14. The SMILES string of the molecule is C1=CCC=C(c2[nH]ncc2-c2ccnc(C3CCCCCC3)c2)C=C1.[HH]. The van der Waals surface area contributed by atoms with Crippen LogP contribution in [0.3, 0.4) is 0 Å². The summed E-state index contributed by atoms with van der Waals surface area (Å²) in [6, 6.07) is 4.39. The van der Waals surface area contributed by atoms with Crippen molar-refractivity contribution in [3.05, 3.63) is 66.3 Å². The second kappa shape index (κ2) is 7.64. The second-order valence-electron chi connectivity index (χ2n) is 7.00.